The minimum absolute atomic E-state index is 0.0371. The maximum atomic E-state index is 11.7. The van der Waals surface area contributed by atoms with Gasteiger partial charge in [-0.3, -0.25) is 9.48 Å². The first-order valence-electron chi connectivity index (χ1n) is 4.88. The molecule has 0 fully saturated rings. The van der Waals surface area contributed by atoms with E-state index in [4.69, 9.17) is 0 Å². The highest BCUT2D eigenvalue weighted by molar-refractivity contribution is 5.95. The zero-order valence-electron chi connectivity index (χ0n) is 9.16. The van der Waals surface area contributed by atoms with Gasteiger partial charge in [-0.1, -0.05) is 6.92 Å². The molecule has 0 atom stereocenters. The van der Waals surface area contributed by atoms with Crippen molar-refractivity contribution in [1.82, 2.24) is 15.1 Å². The summed E-state index contributed by atoms with van der Waals surface area (Å²) in [6.45, 7) is 5.88. The predicted octanol–water partition coefficient (Wildman–Crippen LogP) is 1.12. The lowest BCUT2D eigenvalue weighted by Gasteiger charge is -2.07. The highest BCUT2D eigenvalue weighted by atomic mass is 16.1. The largest absolute Gasteiger partial charge is 0.350 e. The Balaban J connectivity index is 2.88. The standard InChI is InChI=1S/C10H17N3O/c1-5-9-8(6-13(4)12-9)10(14)11-7(2)3/h6-7H,5H2,1-4H3,(H,11,14). The Morgan fingerprint density at radius 3 is 2.79 bits per heavy atom. The summed E-state index contributed by atoms with van der Waals surface area (Å²) in [5.74, 6) is -0.0371. The number of amides is 1. The lowest BCUT2D eigenvalue weighted by molar-refractivity contribution is 0.0942. The lowest BCUT2D eigenvalue weighted by Crippen LogP contribution is -2.30. The van der Waals surface area contributed by atoms with Gasteiger partial charge in [-0.15, -0.1) is 0 Å². The molecule has 1 heterocycles. The van der Waals surface area contributed by atoms with Crippen molar-refractivity contribution in [1.29, 1.82) is 0 Å². The van der Waals surface area contributed by atoms with Crippen molar-refractivity contribution < 1.29 is 4.79 Å². The fourth-order valence-corrected chi connectivity index (χ4v) is 1.33. The van der Waals surface area contributed by atoms with Crippen molar-refractivity contribution in [2.45, 2.75) is 33.2 Å². The number of carbonyl (C=O) groups excluding carboxylic acids is 1. The zero-order chi connectivity index (χ0) is 10.7. The third kappa shape index (κ3) is 2.34. The molecule has 0 saturated heterocycles. The predicted molar refractivity (Wildman–Crippen MR) is 55.2 cm³/mol. The molecular weight excluding hydrogens is 178 g/mol. The molecule has 0 aromatic carbocycles. The summed E-state index contributed by atoms with van der Waals surface area (Å²) in [6, 6.07) is 0.160. The van der Waals surface area contributed by atoms with Crippen LogP contribution in [0.3, 0.4) is 0 Å². The van der Waals surface area contributed by atoms with E-state index in [9.17, 15) is 4.79 Å². The molecule has 0 aliphatic carbocycles. The van der Waals surface area contributed by atoms with Crippen LogP contribution in [0.25, 0.3) is 0 Å². The Morgan fingerprint density at radius 2 is 2.29 bits per heavy atom. The molecule has 4 heteroatoms. The van der Waals surface area contributed by atoms with Crippen LogP contribution in [0, 0.1) is 0 Å². The highest BCUT2D eigenvalue weighted by Gasteiger charge is 2.14. The van der Waals surface area contributed by atoms with Crippen molar-refractivity contribution in [3.63, 3.8) is 0 Å². The summed E-state index contributed by atoms with van der Waals surface area (Å²) >= 11 is 0. The Bertz CT molecular complexity index is 328. The van der Waals surface area contributed by atoms with Crippen molar-refractivity contribution in [2.75, 3.05) is 0 Å². The smallest absolute Gasteiger partial charge is 0.254 e. The number of nitrogens with zero attached hydrogens (tertiary/aromatic N) is 2. The Kier molecular flexibility index (Phi) is 3.28. The van der Waals surface area contributed by atoms with Gasteiger partial charge >= 0.3 is 0 Å². The van der Waals surface area contributed by atoms with Gasteiger partial charge in [0.05, 0.1) is 11.3 Å². The molecule has 0 bridgehead atoms. The van der Waals surface area contributed by atoms with E-state index >= 15 is 0 Å². The number of hydrogen-bond acceptors (Lipinski definition) is 2. The van der Waals surface area contributed by atoms with Crippen LogP contribution in [0.15, 0.2) is 6.20 Å². The van der Waals surface area contributed by atoms with Gasteiger partial charge in [-0.25, -0.2) is 0 Å². The second-order valence-electron chi connectivity index (χ2n) is 3.64. The number of carbonyl (C=O) groups is 1. The fourth-order valence-electron chi connectivity index (χ4n) is 1.33. The second-order valence-corrected chi connectivity index (χ2v) is 3.64. The molecule has 1 aromatic heterocycles. The van der Waals surface area contributed by atoms with E-state index in [0.717, 1.165) is 12.1 Å². The van der Waals surface area contributed by atoms with Crippen LogP contribution in [0.4, 0.5) is 0 Å². The molecule has 0 saturated carbocycles. The molecule has 4 nitrogen and oxygen atoms in total. The van der Waals surface area contributed by atoms with Crippen LogP contribution in [0.1, 0.15) is 36.8 Å². The van der Waals surface area contributed by atoms with Crippen LogP contribution in [0.5, 0.6) is 0 Å². The molecule has 0 radical (unpaired) electrons. The van der Waals surface area contributed by atoms with Crippen molar-refractivity contribution in [2.24, 2.45) is 7.05 Å². The molecule has 1 aromatic rings. The average Bonchev–Trinajstić information content (AvgIpc) is 2.45. The zero-order valence-corrected chi connectivity index (χ0v) is 9.16. The van der Waals surface area contributed by atoms with Gasteiger partial charge in [-0.05, 0) is 20.3 Å². The van der Waals surface area contributed by atoms with Crippen LogP contribution in [-0.4, -0.2) is 21.7 Å². The van der Waals surface area contributed by atoms with Gasteiger partial charge in [0.1, 0.15) is 0 Å². The molecule has 1 N–H and O–H groups in total. The number of hydrogen-bond donors (Lipinski definition) is 1. The van der Waals surface area contributed by atoms with Gasteiger partial charge < -0.3 is 5.32 Å². The maximum Gasteiger partial charge on any atom is 0.254 e. The quantitative estimate of drug-likeness (QED) is 0.785. The summed E-state index contributed by atoms with van der Waals surface area (Å²) < 4.78 is 1.67. The van der Waals surface area contributed by atoms with Gasteiger partial charge in [0.2, 0.25) is 0 Å². The van der Waals surface area contributed by atoms with E-state index in [-0.39, 0.29) is 11.9 Å². The van der Waals surface area contributed by atoms with E-state index in [2.05, 4.69) is 10.4 Å². The summed E-state index contributed by atoms with van der Waals surface area (Å²) in [5.41, 5.74) is 1.54. The first kappa shape index (κ1) is 10.8. The van der Waals surface area contributed by atoms with Gasteiger partial charge in [0, 0.05) is 19.3 Å². The first-order chi connectivity index (χ1) is 6.54. The molecule has 1 amide bonds. The molecular formula is C10H17N3O. The van der Waals surface area contributed by atoms with Crippen molar-refractivity contribution in [3.05, 3.63) is 17.5 Å². The third-order valence-electron chi connectivity index (χ3n) is 1.90. The average molecular weight is 195 g/mol. The normalized spacial score (nSPS) is 10.6. The van der Waals surface area contributed by atoms with Crippen molar-refractivity contribution >= 4 is 5.91 Å². The molecule has 78 valence electrons. The molecule has 0 spiro atoms. The summed E-state index contributed by atoms with van der Waals surface area (Å²) in [7, 11) is 1.82. The first-order valence-corrected chi connectivity index (χ1v) is 4.88. The molecule has 0 aliphatic rings. The minimum Gasteiger partial charge on any atom is -0.350 e. The maximum absolute atomic E-state index is 11.7. The fraction of sp³-hybridized carbons (Fsp3) is 0.600. The minimum atomic E-state index is -0.0371. The Hall–Kier alpha value is -1.32. The Labute approximate surface area is 84.3 Å². The topological polar surface area (TPSA) is 46.9 Å². The van der Waals surface area contributed by atoms with E-state index in [0.29, 0.717) is 5.56 Å². The SMILES string of the molecule is CCc1nn(C)cc1C(=O)NC(C)C. The van der Waals surface area contributed by atoms with Crippen LogP contribution in [-0.2, 0) is 13.5 Å². The van der Waals surface area contributed by atoms with E-state index < -0.39 is 0 Å². The van der Waals surface area contributed by atoms with Gasteiger partial charge in [-0.2, -0.15) is 5.10 Å². The summed E-state index contributed by atoms with van der Waals surface area (Å²) in [4.78, 5) is 11.7. The number of rotatable bonds is 3. The lowest BCUT2D eigenvalue weighted by atomic mass is 10.2. The van der Waals surface area contributed by atoms with Crippen LogP contribution < -0.4 is 5.32 Å². The summed E-state index contributed by atoms with van der Waals surface area (Å²) in [6.07, 6.45) is 2.54. The molecule has 14 heavy (non-hydrogen) atoms. The molecule has 1 rings (SSSR count). The number of aryl methyl sites for hydroxylation is 2. The molecule has 0 aliphatic heterocycles. The third-order valence-corrected chi connectivity index (χ3v) is 1.90. The summed E-state index contributed by atoms with van der Waals surface area (Å²) in [5, 5.41) is 7.07. The van der Waals surface area contributed by atoms with E-state index in [1.54, 1.807) is 10.9 Å². The molecule has 0 unspecified atom stereocenters. The Morgan fingerprint density at radius 1 is 1.64 bits per heavy atom. The van der Waals surface area contributed by atoms with Gasteiger partial charge in [0.25, 0.3) is 5.91 Å². The number of nitrogens with one attached hydrogen (secondary N) is 1. The van der Waals surface area contributed by atoms with E-state index in [1.165, 1.54) is 0 Å². The monoisotopic (exact) mass is 195 g/mol. The number of aromatic nitrogens is 2. The highest BCUT2D eigenvalue weighted by Crippen LogP contribution is 2.06. The van der Waals surface area contributed by atoms with E-state index in [1.807, 2.05) is 27.8 Å². The van der Waals surface area contributed by atoms with Crippen molar-refractivity contribution in [3.8, 4) is 0 Å². The van der Waals surface area contributed by atoms with Crippen LogP contribution in [0.2, 0.25) is 0 Å². The second kappa shape index (κ2) is 4.26. The van der Waals surface area contributed by atoms with Crippen LogP contribution >= 0.6 is 0 Å². The van der Waals surface area contributed by atoms with Gasteiger partial charge in [0.15, 0.2) is 0 Å².